The lowest BCUT2D eigenvalue weighted by Crippen LogP contribution is -2.48. The molecule has 8 nitrogen and oxygen atoms in total. The van der Waals surface area contributed by atoms with Gasteiger partial charge in [0.25, 0.3) is 5.56 Å². The summed E-state index contributed by atoms with van der Waals surface area (Å²) >= 11 is 0. The van der Waals surface area contributed by atoms with E-state index in [0.29, 0.717) is 12.2 Å². The fraction of sp³-hybridized carbons (Fsp3) is 0.500. The van der Waals surface area contributed by atoms with Gasteiger partial charge in [-0.1, -0.05) is 0 Å². The van der Waals surface area contributed by atoms with Gasteiger partial charge < -0.3 is 10.7 Å². The number of H-pyrrole nitrogens is 2. The molecule has 1 aliphatic rings. The monoisotopic (exact) mass is 250 g/mol. The Morgan fingerprint density at radius 3 is 3.00 bits per heavy atom. The molecule has 96 valence electrons. The lowest BCUT2D eigenvalue weighted by atomic mass is 10.1. The van der Waals surface area contributed by atoms with E-state index < -0.39 is 11.2 Å². The van der Waals surface area contributed by atoms with Crippen LogP contribution in [0.15, 0.2) is 15.9 Å². The van der Waals surface area contributed by atoms with Gasteiger partial charge in [0, 0.05) is 19.1 Å². The average Bonchev–Trinajstić information content (AvgIpc) is 2.72. The number of hydrogen-bond donors (Lipinski definition) is 3. The molecule has 0 aliphatic carbocycles. The summed E-state index contributed by atoms with van der Waals surface area (Å²) in [4.78, 5) is 31.6. The van der Waals surface area contributed by atoms with Crippen molar-refractivity contribution in [2.75, 3.05) is 18.1 Å². The first-order chi connectivity index (χ1) is 8.65. The molecule has 0 bridgehead atoms. The zero-order valence-corrected chi connectivity index (χ0v) is 9.72. The largest absolute Gasteiger partial charge is 0.327 e. The fourth-order valence-electron chi connectivity index (χ4n) is 2.32. The molecule has 0 saturated carbocycles. The van der Waals surface area contributed by atoms with E-state index in [1.54, 1.807) is 4.68 Å². The van der Waals surface area contributed by atoms with Crippen LogP contribution in [0.5, 0.6) is 0 Å². The van der Waals surface area contributed by atoms with Crippen LogP contribution in [0.25, 0.3) is 11.2 Å². The molecule has 2 aromatic rings. The molecule has 1 fully saturated rings. The summed E-state index contributed by atoms with van der Waals surface area (Å²) in [6, 6.07) is 0.102. The molecule has 1 unspecified atom stereocenters. The van der Waals surface area contributed by atoms with E-state index in [-0.39, 0.29) is 11.6 Å². The number of aromatic nitrogens is 4. The molecule has 8 heteroatoms. The van der Waals surface area contributed by atoms with Crippen LogP contribution < -0.4 is 22.0 Å². The number of imidazole rings is 1. The predicted octanol–water partition coefficient (Wildman–Crippen LogP) is -1.53. The van der Waals surface area contributed by atoms with Gasteiger partial charge in [0.1, 0.15) is 6.33 Å². The molecular weight excluding hydrogens is 236 g/mol. The number of nitrogens with two attached hydrogens (primary N) is 1. The van der Waals surface area contributed by atoms with Gasteiger partial charge in [-0.25, -0.2) is 14.5 Å². The molecule has 18 heavy (non-hydrogen) atoms. The van der Waals surface area contributed by atoms with E-state index in [1.807, 2.05) is 5.01 Å². The summed E-state index contributed by atoms with van der Waals surface area (Å²) in [6.45, 7) is 1.51. The number of rotatable bonds is 1. The van der Waals surface area contributed by atoms with Crippen molar-refractivity contribution in [3.63, 3.8) is 0 Å². The minimum Gasteiger partial charge on any atom is -0.326 e. The molecule has 2 aromatic heterocycles. The summed E-state index contributed by atoms with van der Waals surface area (Å²) in [5.41, 5.74) is 5.55. The van der Waals surface area contributed by atoms with Crippen molar-refractivity contribution in [3.05, 3.63) is 27.2 Å². The molecule has 3 rings (SSSR count). The summed E-state index contributed by atoms with van der Waals surface area (Å²) in [6.07, 6.45) is 3.50. The van der Waals surface area contributed by atoms with Gasteiger partial charge in [-0.3, -0.25) is 14.8 Å². The van der Waals surface area contributed by atoms with Crippen molar-refractivity contribution in [1.82, 2.24) is 19.6 Å². The van der Waals surface area contributed by atoms with Crippen LogP contribution in [0, 0.1) is 0 Å². The maximum absolute atomic E-state index is 11.6. The quantitative estimate of drug-likeness (QED) is 0.568. The summed E-state index contributed by atoms with van der Waals surface area (Å²) in [7, 11) is 0. The Kier molecular flexibility index (Phi) is 2.44. The van der Waals surface area contributed by atoms with Crippen molar-refractivity contribution >= 4 is 11.2 Å². The summed E-state index contributed by atoms with van der Waals surface area (Å²) < 4.78 is 1.70. The second kappa shape index (κ2) is 3.98. The standard InChI is InChI=1S/C10H14N6O2/c11-6-2-1-3-15(4-6)16-5-12-7-8(16)13-10(18)14-9(7)17/h5-6H,1-4,11H2,(H2,13,14,17,18). The third-order valence-electron chi connectivity index (χ3n) is 3.16. The number of hydrogen-bond acceptors (Lipinski definition) is 5. The first-order valence-corrected chi connectivity index (χ1v) is 5.85. The molecular formula is C10H14N6O2. The molecule has 0 amide bonds. The highest BCUT2D eigenvalue weighted by molar-refractivity contribution is 5.69. The number of nitrogens with one attached hydrogen (secondary N) is 2. The Hall–Kier alpha value is -2.09. The Morgan fingerprint density at radius 1 is 1.39 bits per heavy atom. The van der Waals surface area contributed by atoms with Gasteiger partial charge in [0.2, 0.25) is 0 Å². The van der Waals surface area contributed by atoms with Crippen molar-refractivity contribution in [2.45, 2.75) is 18.9 Å². The van der Waals surface area contributed by atoms with Crippen LogP contribution in [0.1, 0.15) is 12.8 Å². The second-order valence-electron chi connectivity index (χ2n) is 4.51. The maximum Gasteiger partial charge on any atom is 0.327 e. The second-order valence-corrected chi connectivity index (χ2v) is 4.51. The first kappa shape index (κ1) is 11.0. The minimum atomic E-state index is -0.532. The number of fused-ring (bicyclic) bond motifs is 1. The Morgan fingerprint density at radius 2 is 2.22 bits per heavy atom. The average molecular weight is 250 g/mol. The van der Waals surface area contributed by atoms with Crippen LogP contribution in [0.2, 0.25) is 0 Å². The number of aromatic amines is 2. The smallest absolute Gasteiger partial charge is 0.326 e. The predicted molar refractivity (Wildman–Crippen MR) is 66.1 cm³/mol. The lowest BCUT2D eigenvalue weighted by molar-refractivity contribution is 0.437. The highest BCUT2D eigenvalue weighted by Crippen LogP contribution is 2.10. The van der Waals surface area contributed by atoms with E-state index in [0.717, 1.165) is 19.4 Å². The highest BCUT2D eigenvalue weighted by atomic mass is 16.2. The van der Waals surface area contributed by atoms with Crippen LogP contribution in [-0.2, 0) is 0 Å². The van der Waals surface area contributed by atoms with Crippen molar-refractivity contribution < 1.29 is 0 Å². The van der Waals surface area contributed by atoms with Gasteiger partial charge in [0.05, 0.1) is 0 Å². The molecule has 1 saturated heterocycles. The Bertz CT molecular complexity index is 683. The maximum atomic E-state index is 11.6. The van der Waals surface area contributed by atoms with Gasteiger partial charge in [0.15, 0.2) is 11.2 Å². The lowest BCUT2D eigenvalue weighted by Gasteiger charge is -2.32. The van der Waals surface area contributed by atoms with Gasteiger partial charge in [-0.15, -0.1) is 0 Å². The zero-order valence-electron chi connectivity index (χ0n) is 9.72. The van der Waals surface area contributed by atoms with Crippen LogP contribution in [0.4, 0.5) is 0 Å². The normalized spacial score (nSPS) is 20.5. The van der Waals surface area contributed by atoms with Crippen LogP contribution in [0.3, 0.4) is 0 Å². The Balaban J connectivity index is 2.12. The van der Waals surface area contributed by atoms with E-state index in [2.05, 4.69) is 15.0 Å². The van der Waals surface area contributed by atoms with Crippen molar-refractivity contribution in [2.24, 2.45) is 5.73 Å². The van der Waals surface area contributed by atoms with E-state index in [4.69, 9.17) is 5.73 Å². The third-order valence-corrected chi connectivity index (χ3v) is 3.16. The van der Waals surface area contributed by atoms with E-state index >= 15 is 0 Å². The number of nitrogens with zero attached hydrogens (tertiary/aromatic N) is 3. The minimum absolute atomic E-state index is 0.102. The molecule has 1 atom stereocenters. The molecule has 3 heterocycles. The number of piperidine rings is 1. The van der Waals surface area contributed by atoms with Gasteiger partial charge >= 0.3 is 5.69 Å². The molecule has 4 N–H and O–H groups in total. The molecule has 0 spiro atoms. The fourth-order valence-corrected chi connectivity index (χ4v) is 2.32. The third kappa shape index (κ3) is 1.70. The van der Waals surface area contributed by atoms with Gasteiger partial charge in [-0.05, 0) is 12.8 Å². The molecule has 0 aromatic carbocycles. The van der Waals surface area contributed by atoms with Crippen molar-refractivity contribution in [1.29, 1.82) is 0 Å². The van der Waals surface area contributed by atoms with Crippen LogP contribution >= 0.6 is 0 Å². The zero-order chi connectivity index (χ0) is 12.7. The topological polar surface area (TPSA) is 113 Å². The van der Waals surface area contributed by atoms with Gasteiger partial charge in [-0.2, -0.15) is 0 Å². The van der Waals surface area contributed by atoms with E-state index in [9.17, 15) is 9.59 Å². The molecule has 1 aliphatic heterocycles. The summed E-state index contributed by atoms with van der Waals surface area (Å²) in [5, 5.41) is 1.98. The van der Waals surface area contributed by atoms with Crippen molar-refractivity contribution in [3.8, 4) is 0 Å². The van der Waals surface area contributed by atoms with Crippen LogP contribution in [-0.4, -0.2) is 38.8 Å². The first-order valence-electron chi connectivity index (χ1n) is 5.85. The summed E-state index contributed by atoms with van der Waals surface area (Å²) in [5.74, 6) is 0. The highest BCUT2D eigenvalue weighted by Gasteiger charge is 2.19. The Labute approximate surface area is 101 Å². The SMILES string of the molecule is NC1CCCN(n2cnc3c(=O)[nH]c(=O)[nH]c32)C1. The van der Waals surface area contributed by atoms with E-state index in [1.165, 1.54) is 6.33 Å². The molecule has 0 radical (unpaired) electrons.